The van der Waals surface area contributed by atoms with Crippen molar-refractivity contribution >= 4 is 24.0 Å². The smallest absolute Gasteiger partial charge is 0.169 e. The summed E-state index contributed by atoms with van der Waals surface area (Å²) in [5, 5.41) is 0. The lowest BCUT2D eigenvalue weighted by Gasteiger charge is -1.97. The molecular weight excluding hydrogens is 414 g/mol. The minimum Gasteiger partial charge on any atom is -1.00 e. The molecular formula is C11H12I2N2. The first-order chi connectivity index (χ1) is 6.36. The van der Waals surface area contributed by atoms with Gasteiger partial charge in [0.15, 0.2) is 12.4 Å². The molecule has 80 valence electrons. The Hall–Kier alpha value is -0.240. The first-order valence-electron chi connectivity index (χ1n) is 4.22. The molecule has 0 saturated heterocycles. The van der Waals surface area contributed by atoms with E-state index in [1.165, 1.54) is 11.1 Å². The van der Waals surface area contributed by atoms with Gasteiger partial charge in [0.25, 0.3) is 0 Å². The topological polar surface area (TPSA) is 16.8 Å². The van der Waals surface area contributed by atoms with Gasteiger partial charge in [-0.1, -0.05) is 0 Å². The zero-order valence-corrected chi connectivity index (χ0v) is 12.8. The molecule has 2 aromatic heterocycles. The van der Waals surface area contributed by atoms with Gasteiger partial charge in [-0.2, -0.15) is 0 Å². The maximum absolute atomic E-state index is 3.98. The minimum atomic E-state index is 0. The third kappa shape index (κ3) is 4.02. The summed E-state index contributed by atoms with van der Waals surface area (Å²) in [7, 11) is 2.01. The van der Waals surface area contributed by atoms with E-state index in [0.717, 1.165) is 0 Å². The van der Waals surface area contributed by atoms with E-state index in [2.05, 4.69) is 17.1 Å². The summed E-state index contributed by atoms with van der Waals surface area (Å²) in [6.45, 7) is 0. The number of rotatable bonds is 1. The lowest BCUT2D eigenvalue weighted by molar-refractivity contribution is -0.671. The highest BCUT2D eigenvalue weighted by Crippen LogP contribution is 2.15. The SMILES string of the molecule is C[n+]1ccc(-c2ccncc2)cc1.I.[I-]. The van der Waals surface area contributed by atoms with Crippen molar-refractivity contribution in [3.8, 4) is 11.1 Å². The van der Waals surface area contributed by atoms with Crippen molar-refractivity contribution in [2.45, 2.75) is 0 Å². The van der Waals surface area contributed by atoms with Crippen LogP contribution in [0.2, 0.25) is 0 Å². The van der Waals surface area contributed by atoms with Gasteiger partial charge in [-0.05, 0) is 23.3 Å². The monoisotopic (exact) mass is 426 g/mol. The molecule has 0 bridgehead atoms. The molecule has 0 radical (unpaired) electrons. The molecule has 0 aromatic carbocycles. The van der Waals surface area contributed by atoms with E-state index in [-0.39, 0.29) is 48.0 Å². The van der Waals surface area contributed by atoms with Gasteiger partial charge < -0.3 is 24.0 Å². The largest absolute Gasteiger partial charge is 1.00 e. The molecule has 15 heavy (non-hydrogen) atoms. The zero-order chi connectivity index (χ0) is 9.10. The minimum absolute atomic E-state index is 0. The summed E-state index contributed by atoms with van der Waals surface area (Å²) in [6, 6.07) is 8.20. The van der Waals surface area contributed by atoms with Crippen molar-refractivity contribution in [3.63, 3.8) is 0 Å². The normalized spacial score (nSPS) is 8.60. The van der Waals surface area contributed by atoms with Gasteiger partial charge in [-0.15, -0.1) is 24.0 Å². The second kappa shape index (κ2) is 7.10. The second-order valence-electron chi connectivity index (χ2n) is 2.99. The Balaban J connectivity index is 0.000000980. The molecule has 0 aliphatic rings. The Bertz CT molecular complexity index is 387. The van der Waals surface area contributed by atoms with Crippen LogP contribution in [0.15, 0.2) is 49.1 Å². The second-order valence-corrected chi connectivity index (χ2v) is 2.99. The molecule has 0 spiro atoms. The molecule has 2 rings (SSSR count). The highest BCUT2D eigenvalue weighted by molar-refractivity contribution is 14.0. The number of aromatic nitrogens is 2. The highest BCUT2D eigenvalue weighted by Gasteiger charge is 1.97. The Morgan fingerprint density at radius 1 is 0.933 bits per heavy atom. The average Bonchev–Trinajstić information content (AvgIpc) is 2.20. The fourth-order valence-corrected chi connectivity index (χ4v) is 1.24. The number of nitrogens with zero attached hydrogens (tertiary/aromatic N) is 2. The average molecular weight is 426 g/mol. The molecule has 2 heterocycles. The van der Waals surface area contributed by atoms with Gasteiger partial charge in [0, 0.05) is 24.5 Å². The molecule has 4 heteroatoms. The maximum Gasteiger partial charge on any atom is 0.169 e. The molecule has 0 N–H and O–H groups in total. The third-order valence-electron chi connectivity index (χ3n) is 1.99. The van der Waals surface area contributed by atoms with Crippen LogP contribution in [0.5, 0.6) is 0 Å². The summed E-state index contributed by atoms with van der Waals surface area (Å²) >= 11 is 0. The number of hydrogen-bond acceptors (Lipinski definition) is 1. The van der Waals surface area contributed by atoms with Crippen LogP contribution in [-0.2, 0) is 7.05 Å². The number of pyridine rings is 2. The van der Waals surface area contributed by atoms with E-state index in [1.54, 1.807) is 0 Å². The van der Waals surface area contributed by atoms with Gasteiger partial charge in [-0.3, -0.25) is 4.98 Å². The molecule has 0 atom stereocenters. The maximum atomic E-state index is 3.98. The zero-order valence-electron chi connectivity index (χ0n) is 8.30. The van der Waals surface area contributed by atoms with Crippen molar-refractivity contribution in [1.29, 1.82) is 0 Å². The molecule has 0 amide bonds. The first kappa shape index (κ1) is 14.8. The van der Waals surface area contributed by atoms with Gasteiger partial charge in [-0.25, -0.2) is 4.57 Å². The lowest BCUT2D eigenvalue weighted by Crippen LogP contribution is -3.00. The summed E-state index contributed by atoms with van der Waals surface area (Å²) in [5.41, 5.74) is 2.43. The predicted octanol–water partition coefficient (Wildman–Crippen LogP) is -0.805. The van der Waals surface area contributed by atoms with E-state index >= 15 is 0 Å². The predicted molar refractivity (Wildman–Crippen MR) is 66.3 cm³/mol. The molecule has 2 nitrogen and oxygen atoms in total. The standard InChI is InChI=1S/C11H11N2.2HI/c1-13-8-4-11(5-9-13)10-2-6-12-7-3-10;;/h2-9H,1H3;2*1H/q+1;;/p-1. The first-order valence-corrected chi connectivity index (χ1v) is 4.22. The van der Waals surface area contributed by atoms with Crippen molar-refractivity contribution in [2.75, 3.05) is 0 Å². The van der Waals surface area contributed by atoms with Crippen LogP contribution in [0.4, 0.5) is 0 Å². The number of halogens is 2. The van der Waals surface area contributed by atoms with Crippen molar-refractivity contribution < 1.29 is 28.5 Å². The van der Waals surface area contributed by atoms with E-state index < -0.39 is 0 Å². The highest BCUT2D eigenvalue weighted by atomic mass is 127. The van der Waals surface area contributed by atoms with Crippen LogP contribution in [0.3, 0.4) is 0 Å². The Morgan fingerprint density at radius 3 is 1.93 bits per heavy atom. The molecule has 0 aliphatic heterocycles. The summed E-state index contributed by atoms with van der Waals surface area (Å²) < 4.78 is 2.02. The van der Waals surface area contributed by atoms with Gasteiger partial charge >= 0.3 is 0 Å². The molecule has 0 aliphatic carbocycles. The molecule has 0 saturated carbocycles. The van der Waals surface area contributed by atoms with Crippen molar-refractivity contribution in [1.82, 2.24) is 4.98 Å². The summed E-state index contributed by atoms with van der Waals surface area (Å²) in [5.74, 6) is 0. The van der Waals surface area contributed by atoms with Crippen LogP contribution in [0, 0.1) is 0 Å². The van der Waals surface area contributed by atoms with Crippen LogP contribution in [-0.4, -0.2) is 4.98 Å². The Labute approximate surface area is 124 Å². The van der Waals surface area contributed by atoms with Crippen LogP contribution in [0.1, 0.15) is 0 Å². The summed E-state index contributed by atoms with van der Waals surface area (Å²) in [4.78, 5) is 3.98. The van der Waals surface area contributed by atoms with E-state index in [0.29, 0.717) is 0 Å². The lowest BCUT2D eigenvalue weighted by atomic mass is 10.1. The van der Waals surface area contributed by atoms with E-state index in [1.807, 2.05) is 48.5 Å². The Morgan fingerprint density at radius 2 is 1.40 bits per heavy atom. The van der Waals surface area contributed by atoms with E-state index in [4.69, 9.17) is 0 Å². The fraction of sp³-hybridized carbons (Fsp3) is 0.0909. The Kier molecular flexibility index (Phi) is 6.99. The number of hydrogen-bond donors (Lipinski definition) is 0. The van der Waals surface area contributed by atoms with Crippen LogP contribution in [0.25, 0.3) is 11.1 Å². The van der Waals surface area contributed by atoms with E-state index in [9.17, 15) is 0 Å². The number of aryl methyl sites for hydroxylation is 1. The quantitative estimate of drug-likeness (QED) is 0.431. The molecule has 2 aromatic rings. The van der Waals surface area contributed by atoms with Crippen LogP contribution >= 0.6 is 24.0 Å². The van der Waals surface area contributed by atoms with Gasteiger partial charge in [0.1, 0.15) is 7.05 Å². The molecule has 0 unspecified atom stereocenters. The van der Waals surface area contributed by atoms with Crippen LogP contribution < -0.4 is 28.5 Å². The van der Waals surface area contributed by atoms with Gasteiger partial charge in [0.2, 0.25) is 0 Å². The molecule has 0 fully saturated rings. The third-order valence-corrected chi connectivity index (χ3v) is 1.99. The fourth-order valence-electron chi connectivity index (χ4n) is 1.24. The van der Waals surface area contributed by atoms with Gasteiger partial charge in [0.05, 0.1) is 0 Å². The van der Waals surface area contributed by atoms with Crippen molar-refractivity contribution in [2.24, 2.45) is 7.05 Å². The van der Waals surface area contributed by atoms with Crippen molar-refractivity contribution in [3.05, 3.63) is 49.1 Å². The summed E-state index contributed by atoms with van der Waals surface area (Å²) in [6.07, 6.45) is 7.69.